The lowest BCUT2D eigenvalue weighted by atomic mass is 10.0. The van der Waals surface area contributed by atoms with Crippen LogP contribution in [0.3, 0.4) is 0 Å². The highest BCUT2D eigenvalue weighted by Gasteiger charge is 2.09. The third-order valence-corrected chi connectivity index (χ3v) is 3.16. The highest BCUT2D eigenvalue weighted by molar-refractivity contribution is 5.94. The van der Waals surface area contributed by atoms with Gasteiger partial charge in [-0.15, -0.1) is 0 Å². The zero-order valence-corrected chi connectivity index (χ0v) is 10.8. The molecule has 0 aliphatic heterocycles. The lowest BCUT2D eigenvalue weighted by Crippen LogP contribution is -2.28. The molecule has 0 bridgehead atoms. The molecule has 0 unspecified atom stereocenters. The van der Waals surface area contributed by atoms with Gasteiger partial charge in [-0.05, 0) is 36.6 Å². The third kappa shape index (κ3) is 3.77. The van der Waals surface area contributed by atoms with Crippen molar-refractivity contribution in [2.45, 2.75) is 33.6 Å². The van der Waals surface area contributed by atoms with Crippen molar-refractivity contribution in [1.29, 1.82) is 0 Å². The van der Waals surface area contributed by atoms with Gasteiger partial charge in [0.25, 0.3) is 5.91 Å². The van der Waals surface area contributed by atoms with E-state index in [4.69, 9.17) is 0 Å². The second kappa shape index (κ2) is 6.28. The Balaban J connectivity index is 2.61. The van der Waals surface area contributed by atoms with E-state index >= 15 is 0 Å². The molecule has 0 aromatic heterocycles. The van der Waals surface area contributed by atoms with Crippen molar-refractivity contribution >= 4 is 5.91 Å². The van der Waals surface area contributed by atoms with Crippen LogP contribution in [0.25, 0.3) is 0 Å². The molecule has 0 saturated heterocycles. The number of carbonyl (C=O) groups is 1. The third-order valence-electron chi connectivity index (χ3n) is 3.16. The number of amides is 1. The molecule has 2 N–H and O–H groups in total. The van der Waals surface area contributed by atoms with E-state index in [-0.39, 0.29) is 11.7 Å². The molecule has 0 aliphatic rings. The summed E-state index contributed by atoms with van der Waals surface area (Å²) in [6.45, 7) is 6.76. The summed E-state index contributed by atoms with van der Waals surface area (Å²) >= 11 is 0. The van der Waals surface area contributed by atoms with Gasteiger partial charge in [-0.25, -0.2) is 0 Å². The Morgan fingerprint density at radius 1 is 1.35 bits per heavy atom. The molecule has 0 heterocycles. The number of carbonyl (C=O) groups excluding carboxylic acids is 1. The van der Waals surface area contributed by atoms with E-state index in [0.717, 1.165) is 18.4 Å². The summed E-state index contributed by atoms with van der Waals surface area (Å²) in [6, 6.07) is 4.91. The highest BCUT2D eigenvalue weighted by Crippen LogP contribution is 2.17. The van der Waals surface area contributed by atoms with E-state index in [1.165, 1.54) is 0 Å². The average Bonchev–Trinajstić information content (AvgIpc) is 2.33. The smallest absolute Gasteiger partial charge is 0.251 e. The summed E-state index contributed by atoms with van der Waals surface area (Å²) in [5.41, 5.74) is 1.33. The number of aromatic hydroxyl groups is 1. The van der Waals surface area contributed by atoms with E-state index in [2.05, 4.69) is 19.2 Å². The number of hydrogen-bond donors (Lipinski definition) is 2. The summed E-state index contributed by atoms with van der Waals surface area (Å²) in [5, 5.41) is 12.3. The highest BCUT2D eigenvalue weighted by atomic mass is 16.3. The Morgan fingerprint density at radius 3 is 2.53 bits per heavy atom. The molecule has 3 nitrogen and oxygen atoms in total. The molecule has 0 atom stereocenters. The van der Waals surface area contributed by atoms with Crippen LogP contribution in [0.5, 0.6) is 5.75 Å². The van der Waals surface area contributed by atoms with E-state index < -0.39 is 0 Å². The lowest BCUT2D eigenvalue weighted by Gasteiger charge is -2.13. The fourth-order valence-electron chi connectivity index (χ4n) is 1.71. The van der Waals surface area contributed by atoms with Gasteiger partial charge in [0.1, 0.15) is 5.75 Å². The first kappa shape index (κ1) is 13.6. The molecule has 0 aliphatic carbocycles. The first-order valence-electron chi connectivity index (χ1n) is 6.16. The average molecular weight is 235 g/mol. The van der Waals surface area contributed by atoms with Gasteiger partial charge in [-0.2, -0.15) is 0 Å². The summed E-state index contributed by atoms with van der Waals surface area (Å²) in [5.74, 6) is 0.693. The minimum atomic E-state index is -0.0694. The molecule has 3 heteroatoms. The number of phenolic OH excluding ortho intramolecular Hbond substituents is 1. The number of nitrogens with one attached hydrogen (secondary N) is 1. The van der Waals surface area contributed by atoms with Crippen molar-refractivity contribution in [1.82, 2.24) is 5.32 Å². The number of phenols is 1. The predicted octanol–water partition coefficient (Wildman–Crippen LogP) is 2.87. The lowest BCUT2D eigenvalue weighted by molar-refractivity contribution is 0.0946. The predicted molar refractivity (Wildman–Crippen MR) is 69.2 cm³/mol. The van der Waals surface area contributed by atoms with Crippen LogP contribution < -0.4 is 5.32 Å². The Morgan fingerprint density at radius 2 is 2.00 bits per heavy atom. The SMILES string of the molecule is CCC(CC)CNC(=O)c1ccc(O)c(C)c1. The maximum Gasteiger partial charge on any atom is 0.251 e. The molecular weight excluding hydrogens is 214 g/mol. The minimum absolute atomic E-state index is 0.0694. The minimum Gasteiger partial charge on any atom is -0.508 e. The van der Waals surface area contributed by atoms with Crippen molar-refractivity contribution in [3.05, 3.63) is 29.3 Å². The first-order valence-corrected chi connectivity index (χ1v) is 6.16. The van der Waals surface area contributed by atoms with E-state index in [1.54, 1.807) is 25.1 Å². The Kier molecular flexibility index (Phi) is 5.01. The van der Waals surface area contributed by atoms with Crippen molar-refractivity contribution in [2.24, 2.45) is 5.92 Å². The summed E-state index contributed by atoms with van der Waals surface area (Å²) in [7, 11) is 0. The molecule has 0 saturated carbocycles. The van der Waals surface area contributed by atoms with E-state index in [0.29, 0.717) is 18.0 Å². The summed E-state index contributed by atoms with van der Waals surface area (Å²) < 4.78 is 0. The van der Waals surface area contributed by atoms with Gasteiger partial charge in [0.15, 0.2) is 0 Å². The van der Waals surface area contributed by atoms with Crippen LogP contribution in [-0.2, 0) is 0 Å². The second-order valence-electron chi connectivity index (χ2n) is 4.39. The van der Waals surface area contributed by atoms with Gasteiger partial charge < -0.3 is 10.4 Å². The van der Waals surface area contributed by atoms with Gasteiger partial charge in [0.2, 0.25) is 0 Å². The van der Waals surface area contributed by atoms with Gasteiger partial charge in [0.05, 0.1) is 0 Å². The summed E-state index contributed by atoms with van der Waals surface area (Å²) in [4.78, 5) is 11.9. The van der Waals surface area contributed by atoms with Gasteiger partial charge >= 0.3 is 0 Å². The zero-order valence-electron chi connectivity index (χ0n) is 10.8. The molecule has 1 rings (SSSR count). The van der Waals surface area contributed by atoms with Crippen LogP contribution in [0.15, 0.2) is 18.2 Å². The Labute approximate surface area is 103 Å². The second-order valence-corrected chi connectivity index (χ2v) is 4.39. The Hall–Kier alpha value is -1.51. The van der Waals surface area contributed by atoms with Gasteiger partial charge in [-0.3, -0.25) is 4.79 Å². The molecule has 1 aromatic rings. The molecule has 1 aromatic carbocycles. The fraction of sp³-hybridized carbons (Fsp3) is 0.500. The van der Waals surface area contributed by atoms with Crippen molar-refractivity contribution in [2.75, 3.05) is 6.54 Å². The van der Waals surface area contributed by atoms with Crippen LogP contribution in [0.4, 0.5) is 0 Å². The van der Waals surface area contributed by atoms with Crippen molar-refractivity contribution in [3.8, 4) is 5.75 Å². The van der Waals surface area contributed by atoms with Gasteiger partial charge in [-0.1, -0.05) is 26.7 Å². The van der Waals surface area contributed by atoms with Crippen molar-refractivity contribution in [3.63, 3.8) is 0 Å². The molecule has 1 amide bonds. The van der Waals surface area contributed by atoms with Crippen LogP contribution >= 0.6 is 0 Å². The molecule has 94 valence electrons. The zero-order chi connectivity index (χ0) is 12.8. The Bertz CT molecular complexity index is 384. The molecular formula is C14H21NO2. The monoisotopic (exact) mass is 235 g/mol. The molecule has 17 heavy (non-hydrogen) atoms. The van der Waals surface area contributed by atoms with E-state index in [9.17, 15) is 9.90 Å². The number of hydrogen-bond acceptors (Lipinski definition) is 2. The normalized spacial score (nSPS) is 10.6. The first-order chi connectivity index (χ1) is 8.08. The number of aryl methyl sites for hydroxylation is 1. The maximum absolute atomic E-state index is 11.9. The van der Waals surface area contributed by atoms with E-state index in [1.807, 2.05) is 0 Å². The number of rotatable bonds is 5. The fourth-order valence-corrected chi connectivity index (χ4v) is 1.71. The largest absolute Gasteiger partial charge is 0.508 e. The van der Waals surface area contributed by atoms with Crippen LogP contribution in [0.2, 0.25) is 0 Å². The topological polar surface area (TPSA) is 49.3 Å². The summed E-state index contributed by atoms with van der Waals surface area (Å²) in [6.07, 6.45) is 2.15. The molecule has 0 spiro atoms. The molecule has 0 fully saturated rings. The van der Waals surface area contributed by atoms with Crippen molar-refractivity contribution < 1.29 is 9.90 Å². The maximum atomic E-state index is 11.9. The van der Waals surface area contributed by atoms with Gasteiger partial charge in [0, 0.05) is 12.1 Å². The van der Waals surface area contributed by atoms with Crippen LogP contribution in [0, 0.1) is 12.8 Å². The number of benzene rings is 1. The van der Waals surface area contributed by atoms with Crippen LogP contribution in [-0.4, -0.2) is 17.6 Å². The molecule has 0 radical (unpaired) electrons. The quantitative estimate of drug-likeness (QED) is 0.824. The standard InChI is InChI=1S/C14H21NO2/c1-4-11(5-2)9-15-14(17)12-6-7-13(16)10(3)8-12/h6-8,11,16H,4-5,9H2,1-3H3,(H,15,17). The van der Waals surface area contributed by atoms with Crippen LogP contribution in [0.1, 0.15) is 42.6 Å².